The normalized spacial score (nSPS) is 11.6. The van der Waals surface area contributed by atoms with Gasteiger partial charge in [-0.2, -0.15) is 0 Å². The summed E-state index contributed by atoms with van der Waals surface area (Å²) in [5.74, 6) is -0.747. The van der Waals surface area contributed by atoms with E-state index in [0.29, 0.717) is 33.9 Å². The van der Waals surface area contributed by atoms with Crippen LogP contribution in [0, 0.1) is 0 Å². The number of aromatic nitrogens is 2. The summed E-state index contributed by atoms with van der Waals surface area (Å²) >= 11 is 1.36. The van der Waals surface area contributed by atoms with Gasteiger partial charge in [-0.15, -0.1) is 11.8 Å². The lowest BCUT2D eigenvalue weighted by atomic mass is 10.1. The molecule has 0 saturated heterocycles. The van der Waals surface area contributed by atoms with E-state index in [4.69, 9.17) is 4.74 Å². The van der Waals surface area contributed by atoms with E-state index in [2.05, 4.69) is 24.6 Å². The molecule has 6 nitrogen and oxygen atoms in total. The molecule has 0 radical (unpaired) electrons. The highest BCUT2D eigenvalue weighted by molar-refractivity contribution is 7.98. The summed E-state index contributed by atoms with van der Waals surface area (Å²) < 4.78 is 7.52. The van der Waals surface area contributed by atoms with Crippen molar-refractivity contribution < 1.29 is 14.6 Å². The van der Waals surface area contributed by atoms with Crippen molar-refractivity contribution >= 4 is 36.8 Å². The minimum Gasteiger partial charge on any atom is -0.545 e. The second-order valence-electron chi connectivity index (χ2n) is 9.77. The number of hydrogen-bond acceptors (Lipinski definition) is 6. The summed E-state index contributed by atoms with van der Waals surface area (Å²) in [6, 6.07) is 23.0. The van der Waals surface area contributed by atoms with Gasteiger partial charge >= 0.3 is 0 Å². The third-order valence-corrected chi connectivity index (χ3v) is 8.70. The molecule has 186 valence electrons. The molecule has 0 spiro atoms. The fourth-order valence-corrected chi connectivity index (χ4v) is 5.69. The van der Waals surface area contributed by atoms with Crippen LogP contribution in [-0.4, -0.2) is 30.2 Å². The van der Waals surface area contributed by atoms with Gasteiger partial charge in [0.15, 0.2) is 0 Å². The highest BCUT2D eigenvalue weighted by atomic mass is 32.2. The Labute approximate surface area is 216 Å². The number of rotatable bonds is 10. The quantitative estimate of drug-likeness (QED) is 0.167. The first-order valence-electron chi connectivity index (χ1n) is 11.8. The molecular weight excluding hydrogens is 488 g/mol. The third-order valence-electron chi connectivity index (χ3n) is 5.79. The van der Waals surface area contributed by atoms with Crippen molar-refractivity contribution in [3.8, 4) is 11.3 Å². The van der Waals surface area contributed by atoms with Crippen molar-refractivity contribution in [2.75, 3.05) is 6.61 Å². The molecule has 0 amide bonds. The molecule has 1 aromatic heterocycles. The van der Waals surface area contributed by atoms with Crippen molar-refractivity contribution in [2.45, 2.75) is 43.1 Å². The van der Waals surface area contributed by atoms with E-state index in [9.17, 15) is 14.7 Å². The molecule has 8 heteroatoms. The summed E-state index contributed by atoms with van der Waals surface area (Å²) in [7, 11) is -1.28. The number of aromatic carboxylic acids is 1. The fourth-order valence-electron chi connectivity index (χ4n) is 3.80. The Bertz CT molecular complexity index is 1430. The van der Waals surface area contributed by atoms with Crippen LogP contribution in [0.2, 0.25) is 25.7 Å². The lowest BCUT2D eigenvalue weighted by Crippen LogP contribution is -2.27. The van der Waals surface area contributed by atoms with Gasteiger partial charge in [0.1, 0.15) is 12.4 Å². The van der Waals surface area contributed by atoms with Crippen LogP contribution in [0.1, 0.15) is 15.9 Å². The number of carboxylic acids is 1. The molecule has 4 rings (SSSR count). The predicted octanol–water partition coefficient (Wildman–Crippen LogP) is 5.03. The average molecular weight is 518 g/mol. The van der Waals surface area contributed by atoms with Gasteiger partial charge in [-0.05, 0) is 23.7 Å². The summed E-state index contributed by atoms with van der Waals surface area (Å²) in [5, 5.41) is 12.0. The second-order valence-corrected chi connectivity index (χ2v) is 16.4. The monoisotopic (exact) mass is 517 g/mol. The molecule has 0 fully saturated rings. The van der Waals surface area contributed by atoms with Crippen LogP contribution in [0.5, 0.6) is 0 Å². The average Bonchev–Trinajstić information content (AvgIpc) is 2.86. The topological polar surface area (TPSA) is 84.2 Å². The van der Waals surface area contributed by atoms with Crippen LogP contribution in [0.25, 0.3) is 22.3 Å². The Morgan fingerprint density at radius 2 is 1.72 bits per heavy atom. The van der Waals surface area contributed by atoms with E-state index in [1.165, 1.54) is 17.8 Å². The highest BCUT2D eigenvalue weighted by Crippen LogP contribution is 2.35. The Morgan fingerprint density at radius 1 is 1.00 bits per heavy atom. The molecule has 0 saturated carbocycles. The maximum Gasteiger partial charge on any atom is 0.279 e. The maximum atomic E-state index is 13.7. The van der Waals surface area contributed by atoms with Gasteiger partial charge in [-0.3, -0.25) is 9.36 Å². The van der Waals surface area contributed by atoms with Gasteiger partial charge in [0.05, 0.1) is 17.0 Å². The van der Waals surface area contributed by atoms with E-state index in [-0.39, 0.29) is 23.5 Å². The van der Waals surface area contributed by atoms with Crippen molar-refractivity contribution in [2.24, 2.45) is 0 Å². The molecule has 3 aromatic carbocycles. The van der Waals surface area contributed by atoms with Crippen LogP contribution in [0.4, 0.5) is 0 Å². The molecule has 4 aromatic rings. The third kappa shape index (κ3) is 6.13. The Kier molecular flexibility index (Phi) is 8.08. The SMILES string of the molecule is C[Si](C)(C)CCOCn1c(=O)c(-c2cccc(C(=O)[O-])c2SCc2ccccc2)nc2ccccc21. The van der Waals surface area contributed by atoms with Gasteiger partial charge in [0.25, 0.3) is 5.56 Å². The zero-order valence-electron chi connectivity index (χ0n) is 20.7. The summed E-state index contributed by atoms with van der Waals surface area (Å²) in [6.45, 7) is 7.52. The highest BCUT2D eigenvalue weighted by Gasteiger charge is 2.19. The number of carbonyl (C=O) groups is 1. The number of carbonyl (C=O) groups excluding carboxylic acids is 1. The molecular formula is C28H29N2O4SSi-. The summed E-state index contributed by atoms with van der Waals surface area (Å²) in [4.78, 5) is 30.9. The van der Waals surface area contributed by atoms with Crippen LogP contribution < -0.4 is 10.7 Å². The van der Waals surface area contributed by atoms with Gasteiger partial charge in [-0.1, -0.05) is 80.3 Å². The molecule has 0 unspecified atom stereocenters. The van der Waals surface area contributed by atoms with Crippen LogP contribution in [0.15, 0.2) is 82.5 Å². The van der Waals surface area contributed by atoms with Crippen molar-refractivity contribution in [1.82, 2.24) is 9.55 Å². The zero-order chi connectivity index (χ0) is 25.7. The Morgan fingerprint density at radius 3 is 2.44 bits per heavy atom. The lowest BCUT2D eigenvalue weighted by molar-refractivity contribution is -0.255. The van der Waals surface area contributed by atoms with E-state index >= 15 is 0 Å². The van der Waals surface area contributed by atoms with Gasteiger partial charge in [0, 0.05) is 36.5 Å². The number of thioether (sulfide) groups is 1. The van der Waals surface area contributed by atoms with E-state index < -0.39 is 14.0 Å². The summed E-state index contributed by atoms with van der Waals surface area (Å²) in [6.07, 6.45) is 0. The standard InChI is InChI=1S/C28H30N2O4SSi/c1-36(2,3)17-16-34-19-30-24-15-8-7-14-23(24)29-25(27(30)31)21-12-9-13-22(28(32)33)26(21)35-18-20-10-5-4-6-11-20/h4-15H,16-19H2,1-3H3,(H,32,33)/p-1. The number of hydrogen-bond donors (Lipinski definition) is 0. The van der Waals surface area contributed by atoms with Gasteiger partial charge < -0.3 is 14.6 Å². The number of para-hydroxylation sites is 2. The number of nitrogens with zero attached hydrogens (tertiary/aromatic N) is 2. The zero-order valence-corrected chi connectivity index (χ0v) is 22.5. The smallest absolute Gasteiger partial charge is 0.279 e. The van der Waals surface area contributed by atoms with Gasteiger partial charge in [0.2, 0.25) is 0 Å². The number of carboxylic acid groups (broad SMARTS) is 1. The molecule has 1 heterocycles. The van der Waals surface area contributed by atoms with Gasteiger partial charge in [-0.25, -0.2) is 4.98 Å². The molecule has 0 atom stereocenters. The number of benzene rings is 3. The fraction of sp³-hybridized carbons (Fsp3) is 0.250. The van der Waals surface area contributed by atoms with E-state index in [1.807, 2.05) is 54.6 Å². The molecule has 0 aliphatic rings. The van der Waals surface area contributed by atoms with Crippen LogP contribution in [0.3, 0.4) is 0 Å². The Balaban J connectivity index is 1.79. The van der Waals surface area contributed by atoms with Crippen LogP contribution in [-0.2, 0) is 17.2 Å². The van der Waals surface area contributed by atoms with E-state index in [0.717, 1.165) is 11.6 Å². The van der Waals surface area contributed by atoms with Crippen molar-refractivity contribution in [1.29, 1.82) is 0 Å². The maximum absolute atomic E-state index is 13.7. The first-order valence-corrected chi connectivity index (χ1v) is 16.5. The molecule has 0 bridgehead atoms. The second kappa shape index (κ2) is 11.2. The molecule has 0 aliphatic carbocycles. The Hall–Kier alpha value is -3.20. The first-order chi connectivity index (χ1) is 17.2. The minimum absolute atomic E-state index is 0.0423. The first kappa shape index (κ1) is 25.9. The van der Waals surface area contributed by atoms with Crippen molar-refractivity contribution in [3.63, 3.8) is 0 Å². The summed E-state index contributed by atoms with van der Waals surface area (Å²) in [5.41, 5.74) is 2.75. The molecule has 0 N–H and O–H groups in total. The predicted molar refractivity (Wildman–Crippen MR) is 146 cm³/mol. The molecule has 0 aliphatic heterocycles. The van der Waals surface area contributed by atoms with Crippen LogP contribution >= 0.6 is 11.8 Å². The largest absolute Gasteiger partial charge is 0.545 e. The van der Waals surface area contributed by atoms with E-state index in [1.54, 1.807) is 16.7 Å². The lowest BCUT2D eigenvalue weighted by Gasteiger charge is -2.18. The minimum atomic E-state index is -1.29. The number of fused-ring (bicyclic) bond motifs is 1. The molecule has 36 heavy (non-hydrogen) atoms. The number of ether oxygens (including phenoxy) is 1. The van der Waals surface area contributed by atoms with Crippen molar-refractivity contribution in [3.05, 3.63) is 94.3 Å².